The average Bonchev–Trinajstić information content (AvgIpc) is 2.43. The number of benzene rings is 1. The van der Waals surface area contributed by atoms with E-state index < -0.39 is 13.7 Å². The van der Waals surface area contributed by atoms with Gasteiger partial charge in [0.1, 0.15) is 0 Å². The molecule has 1 aromatic rings. The lowest BCUT2D eigenvalue weighted by Crippen LogP contribution is -2.17. The fourth-order valence-electron chi connectivity index (χ4n) is 2.54. The van der Waals surface area contributed by atoms with Crippen molar-refractivity contribution in [2.24, 2.45) is 0 Å². The Morgan fingerprint density at radius 2 is 1.77 bits per heavy atom. The Morgan fingerprint density at radius 1 is 1.23 bits per heavy atom. The van der Waals surface area contributed by atoms with Crippen LogP contribution in [-0.2, 0) is 13.8 Å². The molecule has 2 unspecified atom stereocenters. The van der Waals surface area contributed by atoms with Gasteiger partial charge in [-0.3, -0.25) is 13.9 Å². The predicted octanol–water partition coefficient (Wildman–Crippen LogP) is 4.84. The van der Waals surface area contributed by atoms with Crippen LogP contribution in [0.1, 0.15) is 53.7 Å². The summed E-state index contributed by atoms with van der Waals surface area (Å²) in [5.41, 5.74) is 2.90. The Balaban J connectivity index is 3.25. The lowest BCUT2D eigenvalue weighted by atomic mass is 10.0. The first-order valence-electron chi connectivity index (χ1n) is 7.68. The number of ether oxygens (including phenoxy) is 1. The summed E-state index contributed by atoms with van der Waals surface area (Å²) in [6, 6.07) is 3.87. The molecule has 124 valence electrons. The van der Waals surface area contributed by atoms with Crippen LogP contribution in [0, 0.1) is 20.8 Å². The van der Waals surface area contributed by atoms with Crippen molar-refractivity contribution < 1.29 is 18.6 Å². The largest absolute Gasteiger partial charge is 0.356 e. The number of hydrogen-bond donors (Lipinski definition) is 0. The maximum atomic E-state index is 13.2. The molecule has 0 saturated carbocycles. The second-order valence-electron chi connectivity index (χ2n) is 5.74. The van der Waals surface area contributed by atoms with E-state index >= 15 is 0 Å². The van der Waals surface area contributed by atoms with Crippen LogP contribution in [0.25, 0.3) is 0 Å². The lowest BCUT2D eigenvalue weighted by molar-refractivity contribution is -0.0360. The lowest BCUT2D eigenvalue weighted by Gasteiger charge is -2.22. The highest BCUT2D eigenvalue weighted by atomic mass is 31.2. The molecule has 0 heterocycles. The van der Waals surface area contributed by atoms with Gasteiger partial charge in [-0.15, -0.1) is 0 Å². The van der Waals surface area contributed by atoms with Gasteiger partial charge in [0, 0.05) is 18.8 Å². The monoisotopic (exact) mass is 326 g/mol. The highest BCUT2D eigenvalue weighted by Gasteiger charge is 2.36. The third kappa shape index (κ3) is 4.52. The highest BCUT2D eigenvalue weighted by Crippen LogP contribution is 2.52. The molecule has 4 nitrogen and oxygen atoms in total. The molecular weight excluding hydrogens is 299 g/mol. The van der Waals surface area contributed by atoms with Crippen molar-refractivity contribution >= 4 is 12.9 Å². The van der Waals surface area contributed by atoms with E-state index in [1.54, 1.807) is 6.92 Å². The maximum Gasteiger partial charge on any atom is 0.273 e. The number of aryl methyl sites for hydroxylation is 3. The van der Waals surface area contributed by atoms with E-state index in [9.17, 15) is 9.36 Å². The van der Waals surface area contributed by atoms with Crippen molar-refractivity contribution in [3.63, 3.8) is 0 Å². The zero-order valence-corrected chi connectivity index (χ0v) is 15.3. The standard InChI is InChI=1S/C17H27O4P/c1-7-8-9-22(19,21-15(5)20-6)17(18)16-13(3)10-12(2)11-14(16)4/h10-11,15H,7-9H2,1-6H3. The quantitative estimate of drug-likeness (QED) is 0.507. The Hall–Kier alpha value is -0.960. The molecule has 1 aromatic carbocycles. The molecule has 0 bridgehead atoms. The molecular formula is C17H27O4P. The normalized spacial score (nSPS) is 15.4. The van der Waals surface area contributed by atoms with Gasteiger partial charge in [0.2, 0.25) is 5.52 Å². The second-order valence-corrected chi connectivity index (χ2v) is 8.15. The molecule has 0 aliphatic heterocycles. The molecule has 0 N–H and O–H groups in total. The van der Waals surface area contributed by atoms with Crippen LogP contribution in [0.15, 0.2) is 12.1 Å². The first-order valence-corrected chi connectivity index (χ1v) is 9.49. The van der Waals surface area contributed by atoms with E-state index in [4.69, 9.17) is 9.26 Å². The summed E-state index contributed by atoms with van der Waals surface area (Å²) in [5.74, 6) is 0. The smallest absolute Gasteiger partial charge is 0.273 e. The van der Waals surface area contributed by atoms with Crippen molar-refractivity contribution in [3.8, 4) is 0 Å². The van der Waals surface area contributed by atoms with E-state index in [1.807, 2.05) is 39.8 Å². The van der Waals surface area contributed by atoms with E-state index in [-0.39, 0.29) is 11.7 Å². The number of unbranched alkanes of at least 4 members (excludes halogenated alkanes) is 1. The van der Waals surface area contributed by atoms with Crippen molar-refractivity contribution in [1.29, 1.82) is 0 Å². The number of carbonyl (C=O) groups is 1. The summed E-state index contributed by atoms with van der Waals surface area (Å²) in [7, 11) is -1.98. The second kappa shape index (κ2) is 8.05. The van der Waals surface area contributed by atoms with E-state index in [1.165, 1.54) is 7.11 Å². The summed E-state index contributed by atoms with van der Waals surface area (Å²) < 4.78 is 23.8. The SMILES string of the molecule is CCCCP(=O)(OC(C)OC)C(=O)c1c(C)cc(C)cc1C. The van der Waals surface area contributed by atoms with Crippen molar-refractivity contribution in [2.75, 3.05) is 13.3 Å². The van der Waals surface area contributed by atoms with Gasteiger partial charge in [-0.1, -0.05) is 31.0 Å². The predicted molar refractivity (Wildman–Crippen MR) is 89.9 cm³/mol. The van der Waals surface area contributed by atoms with Gasteiger partial charge in [-0.05, 0) is 45.2 Å². The van der Waals surface area contributed by atoms with Gasteiger partial charge in [0.15, 0.2) is 6.29 Å². The molecule has 2 atom stereocenters. The maximum absolute atomic E-state index is 13.2. The molecule has 0 aliphatic carbocycles. The first-order chi connectivity index (χ1) is 10.2. The number of rotatable bonds is 8. The number of methoxy groups -OCH3 is 1. The molecule has 0 aliphatic rings. The van der Waals surface area contributed by atoms with Gasteiger partial charge in [0.25, 0.3) is 7.37 Å². The van der Waals surface area contributed by atoms with Crippen LogP contribution in [-0.4, -0.2) is 25.1 Å². The van der Waals surface area contributed by atoms with Crippen LogP contribution in [0.5, 0.6) is 0 Å². The average molecular weight is 326 g/mol. The van der Waals surface area contributed by atoms with Gasteiger partial charge in [-0.2, -0.15) is 0 Å². The Labute approximate surface area is 133 Å². The Morgan fingerprint density at radius 3 is 2.23 bits per heavy atom. The zero-order valence-electron chi connectivity index (χ0n) is 14.4. The number of carbonyl (C=O) groups excluding carboxylic acids is 1. The molecule has 5 heteroatoms. The molecule has 0 aromatic heterocycles. The van der Waals surface area contributed by atoms with Crippen molar-refractivity contribution in [1.82, 2.24) is 0 Å². The van der Waals surface area contributed by atoms with Gasteiger partial charge < -0.3 is 4.74 Å². The van der Waals surface area contributed by atoms with Crippen molar-refractivity contribution in [3.05, 3.63) is 34.4 Å². The zero-order chi connectivity index (χ0) is 16.9. The first kappa shape index (κ1) is 19.1. The summed E-state index contributed by atoms with van der Waals surface area (Å²) in [6.07, 6.45) is 1.12. The fourth-order valence-corrected chi connectivity index (χ4v) is 4.93. The van der Waals surface area contributed by atoms with Crippen LogP contribution >= 0.6 is 7.37 Å². The Bertz CT molecular complexity index is 557. The molecule has 0 fully saturated rings. The Kier molecular flexibility index (Phi) is 6.98. The molecule has 22 heavy (non-hydrogen) atoms. The third-order valence-corrected chi connectivity index (χ3v) is 6.04. The minimum atomic E-state index is -3.45. The van der Waals surface area contributed by atoms with Crippen LogP contribution in [0.3, 0.4) is 0 Å². The van der Waals surface area contributed by atoms with Crippen molar-refractivity contribution in [2.45, 2.75) is 53.8 Å². The summed E-state index contributed by atoms with van der Waals surface area (Å²) in [5, 5.41) is 0. The van der Waals surface area contributed by atoms with Crippen LogP contribution in [0.2, 0.25) is 0 Å². The molecule has 0 saturated heterocycles. The number of hydrogen-bond acceptors (Lipinski definition) is 4. The topological polar surface area (TPSA) is 52.6 Å². The minimum absolute atomic E-state index is 0.253. The highest BCUT2D eigenvalue weighted by molar-refractivity contribution is 7.77. The van der Waals surface area contributed by atoms with Crippen LogP contribution in [0.4, 0.5) is 0 Å². The molecule has 1 rings (SSSR count). The molecule has 0 radical (unpaired) electrons. The van der Waals surface area contributed by atoms with E-state index in [0.29, 0.717) is 12.0 Å². The van der Waals surface area contributed by atoms with Gasteiger partial charge >= 0.3 is 0 Å². The van der Waals surface area contributed by atoms with E-state index in [2.05, 4.69) is 0 Å². The molecule has 0 spiro atoms. The van der Waals surface area contributed by atoms with Gasteiger partial charge in [0.05, 0.1) is 0 Å². The summed E-state index contributed by atoms with van der Waals surface area (Å²) >= 11 is 0. The summed E-state index contributed by atoms with van der Waals surface area (Å²) in [4.78, 5) is 12.9. The van der Waals surface area contributed by atoms with Gasteiger partial charge in [-0.25, -0.2) is 0 Å². The minimum Gasteiger partial charge on any atom is -0.356 e. The molecule has 0 amide bonds. The fraction of sp³-hybridized carbons (Fsp3) is 0.588. The van der Waals surface area contributed by atoms with Crippen LogP contribution < -0.4 is 0 Å². The third-order valence-electron chi connectivity index (χ3n) is 3.66. The summed E-state index contributed by atoms with van der Waals surface area (Å²) in [6.45, 7) is 9.38. The van der Waals surface area contributed by atoms with E-state index in [0.717, 1.165) is 23.1 Å².